The molecule has 0 aromatic heterocycles. The molecule has 0 aliphatic heterocycles. The Labute approximate surface area is 159 Å². The van der Waals surface area contributed by atoms with Crippen LogP contribution in [0, 0.1) is 5.82 Å². The molecule has 0 bridgehead atoms. The fraction of sp³-hybridized carbons (Fsp3) is 0.400. The summed E-state index contributed by atoms with van der Waals surface area (Å²) < 4.78 is 25.2. The summed E-state index contributed by atoms with van der Waals surface area (Å²) in [5, 5.41) is 7.07. The van der Waals surface area contributed by atoms with Gasteiger partial charge in [-0.25, -0.2) is 4.39 Å². The number of ether oxygens (including phenoxy) is 2. The van der Waals surface area contributed by atoms with E-state index in [-0.39, 0.29) is 12.4 Å². The van der Waals surface area contributed by atoms with Crippen molar-refractivity contribution in [3.05, 3.63) is 58.4 Å². The van der Waals surface area contributed by atoms with Crippen molar-refractivity contribution in [1.29, 1.82) is 0 Å². The van der Waals surface area contributed by atoms with Gasteiger partial charge in [0.25, 0.3) is 0 Å². The van der Waals surface area contributed by atoms with Crippen LogP contribution in [0.5, 0.6) is 11.5 Å². The van der Waals surface area contributed by atoms with Crippen molar-refractivity contribution in [3.8, 4) is 11.5 Å². The number of hydrogen-bond acceptors (Lipinski definition) is 4. The lowest BCUT2D eigenvalue weighted by Gasteiger charge is -2.15. The minimum absolute atomic E-state index is 0.116. The summed E-state index contributed by atoms with van der Waals surface area (Å²) in [5.41, 5.74) is 1.43. The summed E-state index contributed by atoms with van der Waals surface area (Å²) in [4.78, 5) is 0. The second-order valence-corrected chi connectivity index (χ2v) is 6.24. The minimum Gasteiger partial charge on any atom is -0.490 e. The summed E-state index contributed by atoms with van der Waals surface area (Å²) in [6.07, 6.45) is 1.04. The van der Waals surface area contributed by atoms with Crippen molar-refractivity contribution in [2.24, 2.45) is 0 Å². The second-order valence-electron chi connectivity index (χ2n) is 5.84. The van der Waals surface area contributed by atoms with Gasteiger partial charge in [-0.05, 0) is 51.2 Å². The number of rotatable bonds is 11. The summed E-state index contributed by atoms with van der Waals surface area (Å²) in [5.74, 6) is 0.832. The fourth-order valence-corrected chi connectivity index (χ4v) is 2.70. The van der Waals surface area contributed by atoms with Crippen molar-refractivity contribution < 1.29 is 13.9 Å². The topological polar surface area (TPSA) is 42.5 Å². The quantitative estimate of drug-likeness (QED) is 0.574. The molecule has 0 amide bonds. The Morgan fingerprint density at radius 3 is 2.54 bits per heavy atom. The highest BCUT2D eigenvalue weighted by Gasteiger charge is 2.12. The molecule has 0 aliphatic rings. The van der Waals surface area contributed by atoms with E-state index in [4.69, 9.17) is 21.1 Å². The van der Waals surface area contributed by atoms with Crippen LogP contribution in [-0.4, -0.2) is 26.7 Å². The van der Waals surface area contributed by atoms with Gasteiger partial charge in [0.2, 0.25) is 0 Å². The van der Waals surface area contributed by atoms with Gasteiger partial charge in [0, 0.05) is 23.2 Å². The molecule has 0 heterocycles. The maximum absolute atomic E-state index is 13.8. The third-order valence-electron chi connectivity index (χ3n) is 3.85. The monoisotopic (exact) mass is 380 g/mol. The SMILES string of the molecule is CCOc1cc(CNCCCNC)c(Cl)cc1OCc1ccccc1F. The molecule has 0 saturated carbocycles. The first-order valence-electron chi connectivity index (χ1n) is 8.82. The number of halogens is 2. The Hall–Kier alpha value is -1.82. The van der Waals surface area contributed by atoms with E-state index in [1.807, 2.05) is 20.0 Å². The molecule has 0 unspecified atom stereocenters. The fourth-order valence-electron chi connectivity index (χ4n) is 2.48. The third kappa shape index (κ3) is 6.16. The Morgan fingerprint density at radius 1 is 1.04 bits per heavy atom. The van der Waals surface area contributed by atoms with E-state index >= 15 is 0 Å². The molecule has 2 aromatic rings. The normalized spacial score (nSPS) is 10.8. The van der Waals surface area contributed by atoms with Crippen LogP contribution in [0.3, 0.4) is 0 Å². The zero-order valence-corrected chi connectivity index (χ0v) is 16.0. The van der Waals surface area contributed by atoms with E-state index < -0.39 is 0 Å². The van der Waals surface area contributed by atoms with E-state index in [0.29, 0.717) is 35.2 Å². The van der Waals surface area contributed by atoms with Crippen LogP contribution in [0.4, 0.5) is 4.39 Å². The van der Waals surface area contributed by atoms with E-state index in [0.717, 1.165) is 25.1 Å². The van der Waals surface area contributed by atoms with E-state index in [9.17, 15) is 4.39 Å². The smallest absolute Gasteiger partial charge is 0.163 e. The molecule has 2 aromatic carbocycles. The van der Waals surface area contributed by atoms with E-state index in [1.165, 1.54) is 6.07 Å². The molecule has 2 rings (SSSR count). The van der Waals surface area contributed by atoms with Gasteiger partial charge in [-0.15, -0.1) is 0 Å². The first-order valence-corrected chi connectivity index (χ1v) is 9.20. The maximum atomic E-state index is 13.8. The average molecular weight is 381 g/mol. The van der Waals surface area contributed by atoms with Gasteiger partial charge in [0.05, 0.1) is 6.61 Å². The van der Waals surface area contributed by atoms with Crippen LogP contribution in [-0.2, 0) is 13.2 Å². The Morgan fingerprint density at radius 2 is 1.81 bits per heavy atom. The molecule has 2 N–H and O–H groups in total. The standard InChI is InChI=1S/C20H26ClFN2O2/c1-3-25-19-11-16(13-24-10-6-9-23-2)17(21)12-20(19)26-14-15-7-4-5-8-18(15)22/h4-5,7-8,11-12,23-24H,3,6,9-10,13-14H2,1-2H3. The molecule has 0 atom stereocenters. The van der Waals surface area contributed by atoms with Crippen LogP contribution < -0.4 is 20.1 Å². The van der Waals surface area contributed by atoms with Crippen LogP contribution in [0.2, 0.25) is 5.02 Å². The van der Waals surface area contributed by atoms with Crippen molar-refractivity contribution in [2.75, 3.05) is 26.7 Å². The Kier molecular flexibility index (Phi) is 8.68. The van der Waals surface area contributed by atoms with Gasteiger partial charge in [-0.3, -0.25) is 0 Å². The molecular formula is C20H26ClFN2O2. The van der Waals surface area contributed by atoms with Gasteiger partial charge < -0.3 is 20.1 Å². The zero-order valence-electron chi connectivity index (χ0n) is 15.3. The number of nitrogens with one attached hydrogen (secondary N) is 2. The van der Waals surface area contributed by atoms with Crippen molar-refractivity contribution in [2.45, 2.75) is 26.5 Å². The van der Waals surface area contributed by atoms with Crippen molar-refractivity contribution >= 4 is 11.6 Å². The molecule has 26 heavy (non-hydrogen) atoms. The number of hydrogen-bond donors (Lipinski definition) is 2. The predicted octanol–water partition coefficient (Wildman–Crippen LogP) is 4.16. The molecule has 4 nitrogen and oxygen atoms in total. The lowest BCUT2D eigenvalue weighted by atomic mass is 10.2. The zero-order chi connectivity index (χ0) is 18.8. The summed E-state index contributed by atoms with van der Waals surface area (Å²) in [7, 11) is 1.94. The summed E-state index contributed by atoms with van der Waals surface area (Å²) in [6, 6.07) is 10.2. The number of benzene rings is 2. The summed E-state index contributed by atoms with van der Waals surface area (Å²) >= 11 is 6.39. The molecule has 0 saturated heterocycles. The minimum atomic E-state index is -0.293. The lowest BCUT2D eigenvalue weighted by molar-refractivity contribution is 0.265. The average Bonchev–Trinajstić information content (AvgIpc) is 2.63. The summed E-state index contributed by atoms with van der Waals surface area (Å²) in [6.45, 7) is 5.04. The third-order valence-corrected chi connectivity index (χ3v) is 4.20. The highest BCUT2D eigenvalue weighted by molar-refractivity contribution is 6.31. The van der Waals surface area contributed by atoms with Gasteiger partial charge in [-0.1, -0.05) is 29.8 Å². The molecular weight excluding hydrogens is 355 g/mol. The second kappa shape index (κ2) is 11.0. The highest BCUT2D eigenvalue weighted by atomic mass is 35.5. The molecule has 0 spiro atoms. The Bertz CT molecular complexity index is 698. The maximum Gasteiger partial charge on any atom is 0.163 e. The van der Waals surface area contributed by atoms with Gasteiger partial charge in [-0.2, -0.15) is 0 Å². The van der Waals surface area contributed by atoms with Crippen LogP contribution in [0.25, 0.3) is 0 Å². The molecule has 0 aliphatic carbocycles. The predicted molar refractivity (Wildman–Crippen MR) is 104 cm³/mol. The largest absolute Gasteiger partial charge is 0.490 e. The van der Waals surface area contributed by atoms with Crippen molar-refractivity contribution in [1.82, 2.24) is 10.6 Å². The molecule has 6 heteroatoms. The van der Waals surface area contributed by atoms with Crippen LogP contribution in [0.1, 0.15) is 24.5 Å². The Balaban J connectivity index is 2.06. The van der Waals surface area contributed by atoms with Crippen LogP contribution in [0.15, 0.2) is 36.4 Å². The highest BCUT2D eigenvalue weighted by Crippen LogP contribution is 2.34. The van der Waals surface area contributed by atoms with Gasteiger partial charge >= 0.3 is 0 Å². The van der Waals surface area contributed by atoms with E-state index in [2.05, 4.69) is 10.6 Å². The molecule has 142 valence electrons. The molecule has 0 radical (unpaired) electrons. The lowest BCUT2D eigenvalue weighted by Crippen LogP contribution is -2.19. The van der Waals surface area contributed by atoms with Gasteiger partial charge in [0.1, 0.15) is 12.4 Å². The van der Waals surface area contributed by atoms with Crippen molar-refractivity contribution in [3.63, 3.8) is 0 Å². The van der Waals surface area contributed by atoms with E-state index in [1.54, 1.807) is 24.3 Å². The van der Waals surface area contributed by atoms with Gasteiger partial charge in [0.15, 0.2) is 11.5 Å². The molecule has 0 fully saturated rings. The van der Waals surface area contributed by atoms with Crippen LogP contribution >= 0.6 is 11.6 Å². The first-order chi connectivity index (χ1) is 12.7. The first kappa shape index (κ1) is 20.5.